The van der Waals surface area contributed by atoms with Crippen molar-refractivity contribution < 1.29 is 24.3 Å². The topological polar surface area (TPSA) is 167 Å². The summed E-state index contributed by atoms with van der Waals surface area (Å²) in [6.45, 7) is 3.81. The van der Waals surface area contributed by atoms with Crippen molar-refractivity contribution in [2.24, 2.45) is 23.1 Å². The Hall–Kier alpha value is -2.07. The predicted octanol–water partition coefficient (Wildman–Crippen LogP) is 1.27. The number of hydrogen-bond acceptors (Lipinski definition) is 8. The van der Waals surface area contributed by atoms with Crippen LogP contribution in [0.4, 0.5) is 0 Å². The monoisotopic (exact) mass is 437 g/mol. The number of rotatable bonds is 13. The molecule has 0 radical (unpaired) electrons. The molecule has 3 atom stereocenters. The molecule has 8 nitrogen and oxygen atoms in total. The number of carboxylic acids is 1. The molecule has 3 unspecified atom stereocenters. The van der Waals surface area contributed by atoms with Crippen molar-refractivity contribution in [1.82, 2.24) is 0 Å². The zero-order chi connectivity index (χ0) is 23.0. The van der Waals surface area contributed by atoms with Crippen LogP contribution in [0.2, 0.25) is 0 Å². The van der Waals surface area contributed by atoms with Gasteiger partial charge in [0.2, 0.25) is 0 Å². The number of carbonyl (C=O) groups excluding carboxylic acids is 3. The largest absolute Gasteiger partial charge is 0.480 e. The molecule has 0 bridgehead atoms. The van der Waals surface area contributed by atoms with E-state index in [0.29, 0.717) is 24.9 Å². The Morgan fingerprint density at radius 1 is 1.03 bits per heavy atom. The number of benzene rings is 1. The van der Waals surface area contributed by atoms with Gasteiger partial charge in [-0.25, -0.2) is 0 Å². The third kappa shape index (κ3) is 6.73. The van der Waals surface area contributed by atoms with Gasteiger partial charge >= 0.3 is 5.97 Å². The summed E-state index contributed by atoms with van der Waals surface area (Å²) >= 11 is 1.52. The minimum atomic E-state index is -1.28. The van der Waals surface area contributed by atoms with Gasteiger partial charge in [0.25, 0.3) is 0 Å². The molecular formula is C21H31N3O5S. The van der Waals surface area contributed by atoms with Gasteiger partial charge in [0, 0.05) is 16.7 Å². The second-order valence-corrected chi connectivity index (χ2v) is 8.67. The SMILES string of the molecule is CSCCC(N)C(=O)c1c(C=O)ccc(CC(N)C(=O)O)c1C(=O)C(N)CC(C)C. The molecule has 1 rings (SSSR count). The highest BCUT2D eigenvalue weighted by Crippen LogP contribution is 2.25. The van der Waals surface area contributed by atoms with Crippen molar-refractivity contribution >= 4 is 35.6 Å². The van der Waals surface area contributed by atoms with Gasteiger partial charge in [0.15, 0.2) is 17.9 Å². The van der Waals surface area contributed by atoms with E-state index in [2.05, 4.69) is 0 Å². The van der Waals surface area contributed by atoms with Crippen LogP contribution in [0.3, 0.4) is 0 Å². The van der Waals surface area contributed by atoms with E-state index in [4.69, 9.17) is 17.2 Å². The normalized spacial score (nSPS) is 14.2. The average molecular weight is 438 g/mol. The van der Waals surface area contributed by atoms with Gasteiger partial charge in [-0.3, -0.25) is 19.2 Å². The van der Waals surface area contributed by atoms with E-state index in [1.54, 1.807) is 0 Å². The van der Waals surface area contributed by atoms with Crippen LogP contribution in [0.5, 0.6) is 0 Å². The van der Waals surface area contributed by atoms with Crippen LogP contribution in [-0.2, 0) is 11.2 Å². The predicted molar refractivity (Wildman–Crippen MR) is 118 cm³/mol. The lowest BCUT2D eigenvalue weighted by Crippen LogP contribution is -2.38. The highest BCUT2D eigenvalue weighted by molar-refractivity contribution is 7.98. The summed E-state index contributed by atoms with van der Waals surface area (Å²) in [4.78, 5) is 49.3. The van der Waals surface area contributed by atoms with Crippen molar-refractivity contribution in [3.05, 3.63) is 34.4 Å². The van der Waals surface area contributed by atoms with E-state index < -0.39 is 35.7 Å². The number of thioether (sulfide) groups is 1. The molecule has 0 aliphatic carbocycles. The smallest absolute Gasteiger partial charge is 0.320 e. The van der Waals surface area contributed by atoms with Crippen LogP contribution >= 0.6 is 11.8 Å². The second kappa shape index (κ2) is 11.9. The number of carboxylic acid groups (broad SMARTS) is 1. The zero-order valence-electron chi connectivity index (χ0n) is 17.6. The molecule has 1 aromatic carbocycles. The maximum absolute atomic E-state index is 13.3. The van der Waals surface area contributed by atoms with Crippen LogP contribution in [0.15, 0.2) is 12.1 Å². The Morgan fingerprint density at radius 3 is 2.13 bits per heavy atom. The Balaban J connectivity index is 3.64. The fourth-order valence-corrected chi connectivity index (χ4v) is 3.65. The highest BCUT2D eigenvalue weighted by atomic mass is 32.2. The first-order valence-corrected chi connectivity index (χ1v) is 11.1. The molecule has 0 aromatic heterocycles. The Bertz CT molecular complexity index is 797. The van der Waals surface area contributed by atoms with Crippen LogP contribution in [-0.4, -0.2) is 59.1 Å². The third-order valence-corrected chi connectivity index (χ3v) is 5.38. The van der Waals surface area contributed by atoms with Crippen molar-refractivity contribution in [3.63, 3.8) is 0 Å². The Morgan fingerprint density at radius 2 is 1.63 bits per heavy atom. The Kier molecular flexibility index (Phi) is 10.3. The highest BCUT2D eigenvalue weighted by Gasteiger charge is 2.31. The first kappa shape index (κ1) is 26.0. The molecule has 166 valence electrons. The van der Waals surface area contributed by atoms with Crippen LogP contribution in [0.25, 0.3) is 0 Å². The number of nitrogens with two attached hydrogens (primary N) is 3. The number of hydrogen-bond donors (Lipinski definition) is 4. The molecule has 0 aliphatic heterocycles. The van der Waals surface area contributed by atoms with Crippen LogP contribution in [0, 0.1) is 5.92 Å². The van der Waals surface area contributed by atoms with Gasteiger partial charge in [-0.15, -0.1) is 0 Å². The van der Waals surface area contributed by atoms with Crippen molar-refractivity contribution in [3.8, 4) is 0 Å². The van der Waals surface area contributed by atoms with E-state index in [1.165, 1.54) is 23.9 Å². The standard InChI is InChI=1S/C21H31N3O5S/c1-11(2)8-15(23)20(27)17-12(9-16(24)21(28)29)4-5-13(10-25)18(17)19(26)14(22)6-7-30-3/h4-5,10-11,14-16H,6-9,22-24H2,1-3H3,(H,28,29). The molecular weight excluding hydrogens is 406 g/mol. The van der Waals surface area contributed by atoms with Gasteiger partial charge in [-0.2, -0.15) is 11.8 Å². The van der Waals surface area contributed by atoms with Gasteiger partial charge in [0.05, 0.1) is 12.1 Å². The number of ketones is 2. The number of Topliss-reactive ketones (excluding diaryl/α,β-unsaturated/α-hetero) is 2. The number of carbonyl (C=O) groups is 4. The second-order valence-electron chi connectivity index (χ2n) is 7.68. The van der Waals surface area contributed by atoms with Crippen LogP contribution < -0.4 is 17.2 Å². The van der Waals surface area contributed by atoms with Crippen molar-refractivity contribution in [1.29, 1.82) is 0 Å². The number of aliphatic carboxylic acids is 1. The molecule has 0 fully saturated rings. The molecule has 0 heterocycles. The van der Waals surface area contributed by atoms with Crippen molar-refractivity contribution in [2.75, 3.05) is 12.0 Å². The minimum Gasteiger partial charge on any atom is -0.480 e. The molecule has 30 heavy (non-hydrogen) atoms. The van der Waals surface area contributed by atoms with E-state index in [1.807, 2.05) is 20.1 Å². The summed E-state index contributed by atoms with van der Waals surface area (Å²) in [5.41, 5.74) is 18.0. The van der Waals surface area contributed by atoms with E-state index in [9.17, 15) is 24.3 Å². The summed E-state index contributed by atoms with van der Waals surface area (Å²) in [5.74, 6) is -1.57. The number of aldehydes is 1. The summed E-state index contributed by atoms with van der Waals surface area (Å²) in [5, 5.41) is 9.19. The fraction of sp³-hybridized carbons (Fsp3) is 0.524. The van der Waals surface area contributed by atoms with Gasteiger partial charge in [-0.1, -0.05) is 26.0 Å². The Labute approximate surface area is 180 Å². The first-order chi connectivity index (χ1) is 14.0. The first-order valence-electron chi connectivity index (χ1n) is 9.73. The third-order valence-electron chi connectivity index (χ3n) is 4.73. The summed E-state index contributed by atoms with van der Waals surface area (Å²) in [6, 6.07) is -0.274. The quantitative estimate of drug-likeness (QED) is 0.262. The minimum absolute atomic E-state index is 0.0207. The summed E-state index contributed by atoms with van der Waals surface area (Å²) < 4.78 is 0. The van der Waals surface area contributed by atoms with Crippen LogP contribution in [0.1, 0.15) is 63.3 Å². The lowest BCUT2D eigenvalue weighted by atomic mass is 9.83. The summed E-state index contributed by atoms with van der Waals surface area (Å²) in [6.07, 6.45) is 2.90. The zero-order valence-corrected chi connectivity index (χ0v) is 18.4. The van der Waals surface area contributed by atoms with Gasteiger partial charge in [-0.05, 0) is 42.8 Å². The molecule has 0 saturated carbocycles. The maximum Gasteiger partial charge on any atom is 0.320 e. The van der Waals surface area contributed by atoms with E-state index >= 15 is 0 Å². The maximum atomic E-state index is 13.3. The molecule has 9 heteroatoms. The van der Waals surface area contributed by atoms with Crippen molar-refractivity contribution in [2.45, 2.75) is 51.2 Å². The average Bonchev–Trinajstić information content (AvgIpc) is 2.69. The lowest BCUT2D eigenvalue weighted by molar-refractivity contribution is -0.138. The summed E-state index contributed by atoms with van der Waals surface area (Å²) in [7, 11) is 0. The molecule has 0 aliphatic rings. The van der Waals surface area contributed by atoms with E-state index in [0.717, 1.165) is 0 Å². The van der Waals surface area contributed by atoms with Gasteiger partial charge < -0.3 is 22.3 Å². The molecule has 0 saturated heterocycles. The molecule has 0 amide bonds. The molecule has 1 aromatic rings. The van der Waals surface area contributed by atoms with E-state index in [-0.39, 0.29) is 34.6 Å². The fourth-order valence-electron chi connectivity index (χ4n) is 3.16. The lowest BCUT2D eigenvalue weighted by Gasteiger charge is -2.22. The molecule has 0 spiro atoms. The molecule has 7 N–H and O–H groups in total. The van der Waals surface area contributed by atoms with Gasteiger partial charge in [0.1, 0.15) is 6.04 Å².